The lowest BCUT2D eigenvalue weighted by Crippen LogP contribution is -2.37. The van der Waals surface area contributed by atoms with E-state index in [1.54, 1.807) is 0 Å². The number of amides is 2. The largest absolute Gasteiger partial charge is 0.338 e. The number of rotatable bonds is 6. The van der Waals surface area contributed by atoms with Crippen LogP contribution in [0.15, 0.2) is 30.3 Å². The standard InChI is InChI=1S/C14H22N2O/c1-12(2)11-16-14(17)15-10-6-9-13-7-4-3-5-8-13/h3-5,7-8,12H,6,9-11H2,1-2H3,(H2,15,16,17). The predicted molar refractivity (Wildman–Crippen MR) is 71.0 cm³/mol. The number of benzene rings is 1. The Morgan fingerprint density at radius 3 is 2.53 bits per heavy atom. The van der Waals surface area contributed by atoms with Gasteiger partial charge in [0, 0.05) is 13.1 Å². The minimum atomic E-state index is -0.0632. The molecule has 3 heteroatoms. The van der Waals surface area contributed by atoms with Gasteiger partial charge >= 0.3 is 6.03 Å². The van der Waals surface area contributed by atoms with Crippen LogP contribution < -0.4 is 10.6 Å². The van der Waals surface area contributed by atoms with Gasteiger partial charge in [0.1, 0.15) is 0 Å². The van der Waals surface area contributed by atoms with E-state index in [9.17, 15) is 4.79 Å². The fourth-order valence-electron chi connectivity index (χ4n) is 1.50. The molecule has 0 aliphatic heterocycles. The van der Waals surface area contributed by atoms with Gasteiger partial charge in [-0.25, -0.2) is 4.79 Å². The Morgan fingerprint density at radius 1 is 1.18 bits per heavy atom. The third kappa shape index (κ3) is 6.61. The van der Waals surface area contributed by atoms with Gasteiger partial charge in [0.05, 0.1) is 0 Å². The lowest BCUT2D eigenvalue weighted by atomic mass is 10.1. The molecule has 3 nitrogen and oxygen atoms in total. The van der Waals surface area contributed by atoms with E-state index in [-0.39, 0.29) is 6.03 Å². The van der Waals surface area contributed by atoms with Crippen LogP contribution in [0.2, 0.25) is 0 Å². The Bertz CT molecular complexity index is 322. The van der Waals surface area contributed by atoms with Crippen molar-refractivity contribution in [3.8, 4) is 0 Å². The minimum absolute atomic E-state index is 0.0632. The van der Waals surface area contributed by atoms with Crippen molar-refractivity contribution < 1.29 is 4.79 Å². The van der Waals surface area contributed by atoms with E-state index in [4.69, 9.17) is 0 Å². The first-order valence-corrected chi connectivity index (χ1v) is 6.24. The second kappa shape index (κ2) is 7.71. The Hall–Kier alpha value is -1.51. The van der Waals surface area contributed by atoms with Crippen LogP contribution in [0.5, 0.6) is 0 Å². The summed E-state index contributed by atoms with van der Waals surface area (Å²) in [5, 5.41) is 5.69. The molecule has 94 valence electrons. The zero-order chi connectivity index (χ0) is 12.5. The van der Waals surface area contributed by atoms with Crippen molar-refractivity contribution in [2.45, 2.75) is 26.7 Å². The van der Waals surface area contributed by atoms with Crippen molar-refractivity contribution >= 4 is 6.03 Å². The summed E-state index contributed by atoms with van der Waals surface area (Å²) in [4.78, 5) is 11.3. The lowest BCUT2D eigenvalue weighted by molar-refractivity contribution is 0.239. The molecule has 0 unspecified atom stereocenters. The van der Waals surface area contributed by atoms with E-state index < -0.39 is 0 Å². The third-order valence-corrected chi connectivity index (χ3v) is 2.44. The smallest absolute Gasteiger partial charge is 0.314 e. The van der Waals surface area contributed by atoms with E-state index in [1.807, 2.05) is 18.2 Å². The molecule has 0 radical (unpaired) electrons. The lowest BCUT2D eigenvalue weighted by Gasteiger charge is -2.09. The van der Waals surface area contributed by atoms with Crippen LogP contribution in [0.1, 0.15) is 25.8 Å². The summed E-state index contributed by atoms with van der Waals surface area (Å²) >= 11 is 0. The van der Waals surface area contributed by atoms with E-state index in [0.717, 1.165) is 25.9 Å². The van der Waals surface area contributed by atoms with Gasteiger partial charge in [-0.1, -0.05) is 44.2 Å². The Kier molecular flexibility index (Phi) is 6.15. The van der Waals surface area contributed by atoms with Crippen LogP contribution in [0.4, 0.5) is 4.79 Å². The molecule has 0 atom stereocenters. The highest BCUT2D eigenvalue weighted by Gasteiger charge is 2.00. The molecule has 2 amide bonds. The highest BCUT2D eigenvalue weighted by Crippen LogP contribution is 2.01. The van der Waals surface area contributed by atoms with Crippen LogP contribution in [0.3, 0.4) is 0 Å². The summed E-state index contributed by atoms with van der Waals surface area (Å²) in [5.41, 5.74) is 1.32. The molecule has 1 aromatic carbocycles. The molecule has 0 aliphatic carbocycles. The van der Waals surface area contributed by atoms with Crippen molar-refractivity contribution in [2.24, 2.45) is 5.92 Å². The van der Waals surface area contributed by atoms with Gasteiger partial charge in [-0.3, -0.25) is 0 Å². The number of nitrogens with one attached hydrogen (secondary N) is 2. The maximum Gasteiger partial charge on any atom is 0.314 e. The van der Waals surface area contributed by atoms with Gasteiger partial charge in [-0.2, -0.15) is 0 Å². The van der Waals surface area contributed by atoms with Crippen LogP contribution in [0.25, 0.3) is 0 Å². The minimum Gasteiger partial charge on any atom is -0.338 e. The summed E-state index contributed by atoms with van der Waals surface area (Å²) in [5.74, 6) is 0.491. The van der Waals surface area contributed by atoms with Crippen molar-refractivity contribution in [1.29, 1.82) is 0 Å². The topological polar surface area (TPSA) is 41.1 Å². The third-order valence-electron chi connectivity index (χ3n) is 2.44. The van der Waals surface area contributed by atoms with Crippen LogP contribution >= 0.6 is 0 Å². The normalized spacial score (nSPS) is 10.3. The molecule has 2 N–H and O–H groups in total. The first-order valence-electron chi connectivity index (χ1n) is 6.24. The average Bonchev–Trinajstić information content (AvgIpc) is 2.33. The predicted octanol–water partition coefficient (Wildman–Crippen LogP) is 2.57. The summed E-state index contributed by atoms with van der Waals surface area (Å²) in [7, 11) is 0. The van der Waals surface area contributed by atoms with Gasteiger partial charge in [0.2, 0.25) is 0 Å². The van der Waals surface area contributed by atoms with E-state index in [2.05, 4.69) is 36.6 Å². The fraction of sp³-hybridized carbons (Fsp3) is 0.500. The average molecular weight is 234 g/mol. The highest BCUT2D eigenvalue weighted by atomic mass is 16.2. The number of aryl methyl sites for hydroxylation is 1. The summed E-state index contributed by atoms with van der Waals surface area (Å²) in [6.07, 6.45) is 1.98. The van der Waals surface area contributed by atoms with Gasteiger partial charge in [-0.05, 0) is 24.3 Å². The van der Waals surface area contributed by atoms with Crippen LogP contribution in [0, 0.1) is 5.92 Å². The molecule has 0 saturated heterocycles. The molecule has 0 fully saturated rings. The summed E-state index contributed by atoms with van der Waals surface area (Å²) < 4.78 is 0. The molecule has 0 bridgehead atoms. The van der Waals surface area contributed by atoms with Crippen LogP contribution in [-0.2, 0) is 6.42 Å². The van der Waals surface area contributed by atoms with Crippen molar-refractivity contribution in [2.75, 3.05) is 13.1 Å². The summed E-state index contributed by atoms with van der Waals surface area (Å²) in [6.45, 7) is 5.61. The van der Waals surface area contributed by atoms with Gasteiger partial charge in [0.25, 0.3) is 0 Å². The van der Waals surface area contributed by atoms with E-state index >= 15 is 0 Å². The second-order valence-corrected chi connectivity index (χ2v) is 4.62. The SMILES string of the molecule is CC(C)CNC(=O)NCCCc1ccccc1. The maximum absolute atomic E-state index is 11.3. The second-order valence-electron chi connectivity index (χ2n) is 4.62. The quantitative estimate of drug-likeness (QED) is 0.730. The number of hydrogen-bond donors (Lipinski definition) is 2. The van der Waals surface area contributed by atoms with Gasteiger partial charge in [0.15, 0.2) is 0 Å². The monoisotopic (exact) mass is 234 g/mol. The van der Waals surface area contributed by atoms with Gasteiger partial charge in [-0.15, -0.1) is 0 Å². The number of hydrogen-bond acceptors (Lipinski definition) is 1. The van der Waals surface area contributed by atoms with Crippen molar-refractivity contribution in [3.05, 3.63) is 35.9 Å². The molecule has 1 rings (SSSR count). The van der Waals surface area contributed by atoms with Gasteiger partial charge < -0.3 is 10.6 Å². The number of urea groups is 1. The summed E-state index contributed by atoms with van der Waals surface area (Å²) in [6, 6.07) is 10.3. The zero-order valence-corrected chi connectivity index (χ0v) is 10.7. The highest BCUT2D eigenvalue weighted by molar-refractivity contribution is 5.73. The molecule has 1 aromatic rings. The number of carbonyl (C=O) groups excluding carboxylic acids is 1. The van der Waals surface area contributed by atoms with E-state index in [1.165, 1.54) is 5.56 Å². The Balaban J connectivity index is 2.06. The molecule has 0 aromatic heterocycles. The first kappa shape index (κ1) is 13.6. The molecule has 0 aliphatic rings. The molecule has 17 heavy (non-hydrogen) atoms. The Morgan fingerprint density at radius 2 is 1.88 bits per heavy atom. The van der Waals surface area contributed by atoms with Crippen molar-refractivity contribution in [1.82, 2.24) is 10.6 Å². The molecule has 0 heterocycles. The first-order chi connectivity index (χ1) is 8.18. The maximum atomic E-state index is 11.3. The van der Waals surface area contributed by atoms with E-state index in [0.29, 0.717) is 5.92 Å². The fourth-order valence-corrected chi connectivity index (χ4v) is 1.50. The van der Waals surface area contributed by atoms with Crippen LogP contribution in [-0.4, -0.2) is 19.1 Å². The molecule has 0 saturated carbocycles. The molecule has 0 spiro atoms. The van der Waals surface area contributed by atoms with Crippen molar-refractivity contribution in [3.63, 3.8) is 0 Å². The Labute approximate surface area is 104 Å². The zero-order valence-electron chi connectivity index (χ0n) is 10.7. The molecular formula is C14H22N2O. The number of carbonyl (C=O) groups is 1. The molecular weight excluding hydrogens is 212 g/mol.